The minimum Gasteiger partial charge on any atom is -0.381 e. The molecule has 0 aliphatic heterocycles. The van der Waals surface area contributed by atoms with Crippen LogP contribution in [0.15, 0.2) is 0 Å². The van der Waals surface area contributed by atoms with Gasteiger partial charge in [-0.2, -0.15) is 0 Å². The van der Waals surface area contributed by atoms with Gasteiger partial charge in [-0.05, 0) is 12.8 Å². The molecule has 119 valence electrons. The average Bonchev–Trinajstić information content (AvgIpc) is 2.32. The molecule has 0 aromatic heterocycles. The maximum Gasteiger partial charge on any atom is 0.0465 e. The second-order valence-corrected chi connectivity index (χ2v) is 4.44. The summed E-state index contributed by atoms with van der Waals surface area (Å²) >= 11 is 0. The molecule has 0 saturated heterocycles. The summed E-state index contributed by atoms with van der Waals surface area (Å²) in [4.78, 5) is 0. The van der Waals surface area contributed by atoms with Gasteiger partial charge in [0, 0.05) is 21.6 Å². The zero-order chi connectivity index (χ0) is 11.2. The van der Waals surface area contributed by atoms with E-state index in [9.17, 15) is 0 Å². The minimum atomic E-state index is 0. The fraction of sp³-hybridized carbons (Fsp3) is 1.00. The molecule has 0 spiro atoms. The summed E-state index contributed by atoms with van der Waals surface area (Å²) in [6, 6.07) is 0. The average molecular weight is 285 g/mol. The van der Waals surface area contributed by atoms with Crippen molar-refractivity contribution in [3.63, 3.8) is 0 Å². The Labute approximate surface area is 119 Å². The van der Waals surface area contributed by atoms with E-state index in [4.69, 9.17) is 4.74 Å². The maximum atomic E-state index is 5.31. The number of rotatable bonds is 6. The number of halogens is 3. The van der Waals surface area contributed by atoms with E-state index in [0.717, 1.165) is 13.2 Å². The highest BCUT2D eigenvalue weighted by Crippen LogP contribution is 2.15. The minimum absolute atomic E-state index is 0. The second kappa shape index (κ2) is 30.7. The first-order chi connectivity index (χ1) is 7.41. The molecule has 1 aliphatic carbocycles. The maximum absolute atomic E-state index is 5.31. The van der Waals surface area contributed by atoms with Crippen molar-refractivity contribution < 1.29 is 18.9 Å². The van der Waals surface area contributed by atoms with Gasteiger partial charge in [0.15, 0.2) is 0 Å². The van der Waals surface area contributed by atoms with Crippen molar-refractivity contribution in [1.29, 1.82) is 0 Å². The second-order valence-electron chi connectivity index (χ2n) is 4.44. The smallest absolute Gasteiger partial charge is 0.0465 e. The molecule has 0 heterocycles. The van der Waals surface area contributed by atoms with Crippen LogP contribution in [0.25, 0.3) is 0 Å². The van der Waals surface area contributed by atoms with E-state index in [0.29, 0.717) is 0 Å². The van der Waals surface area contributed by atoms with Crippen molar-refractivity contribution in [3.05, 3.63) is 0 Å². The predicted octanol–water partition coefficient (Wildman–Crippen LogP) is 5.02. The van der Waals surface area contributed by atoms with Gasteiger partial charge in [0.2, 0.25) is 0 Å². The van der Waals surface area contributed by atoms with E-state index in [-0.39, 0.29) is 22.5 Å². The molecule has 0 unspecified atom stereocenters. The summed E-state index contributed by atoms with van der Waals surface area (Å²) in [6.07, 6.45) is 13.9. The van der Waals surface area contributed by atoms with Gasteiger partial charge in [-0.25, -0.2) is 0 Å². The monoisotopic (exact) mass is 285 g/mol. The van der Waals surface area contributed by atoms with Crippen LogP contribution < -0.4 is 0 Å². The van der Waals surface area contributed by atoms with Gasteiger partial charge >= 0.3 is 0 Å². The van der Waals surface area contributed by atoms with E-state index in [2.05, 4.69) is 13.8 Å². The fourth-order valence-corrected chi connectivity index (χ4v) is 1.66. The molecule has 0 amide bonds. The van der Waals surface area contributed by atoms with Gasteiger partial charge in [-0.1, -0.05) is 65.2 Å². The lowest BCUT2D eigenvalue weighted by atomic mass is 10.0. The van der Waals surface area contributed by atoms with Crippen LogP contribution in [0.2, 0.25) is 0 Å². The largest absolute Gasteiger partial charge is 0.381 e. The first-order valence-electron chi connectivity index (χ1n) is 6.99. The van der Waals surface area contributed by atoms with Gasteiger partial charge in [0.25, 0.3) is 0 Å². The van der Waals surface area contributed by atoms with Crippen LogP contribution in [0.1, 0.15) is 78.1 Å². The van der Waals surface area contributed by atoms with Gasteiger partial charge in [-0.3, -0.25) is 14.1 Å². The summed E-state index contributed by atoms with van der Waals surface area (Å²) in [6.45, 7) is 6.28. The first-order valence-corrected chi connectivity index (χ1v) is 6.99. The summed E-state index contributed by atoms with van der Waals surface area (Å²) in [7, 11) is 0. The number of ether oxygens (including phenoxy) is 1. The normalized spacial score (nSPS) is 12.3. The van der Waals surface area contributed by atoms with Crippen LogP contribution in [0.4, 0.5) is 14.1 Å². The van der Waals surface area contributed by atoms with Crippen molar-refractivity contribution in [2.75, 3.05) is 13.2 Å². The van der Waals surface area contributed by atoms with Crippen molar-refractivity contribution in [2.45, 2.75) is 78.1 Å². The van der Waals surface area contributed by atoms with Crippen molar-refractivity contribution in [2.24, 2.45) is 0 Å². The Hall–Kier alpha value is -0.185. The quantitative estimate of drug-likeness (QED) is 0.492. The summed E-state index contributed by atoms with van der Waals surface area (Å²) in [5, 5.41) is 0. The van der Waals surface area contributed by atoms with Gasteiger partial charge < -0.3 is 4.74 Å². The molecule has 1 fully saturated rings. The lowest BCUT2D eigenvalue weighted by Gasteiger charge is -2.05. The molecule has 1 nitrogen and oxygen atoms in total. The molecule has 0 N–H and O–H groups in total. The van der Waals surface area contributed by atoms with Crippen molar-refractivity contribution in [1.82, 2.24) is 0 Å². The van der Waals surface area contributed by atoms with Crippen molar-refractivity contribution >= 4 is 8.41 Å². The molecule has 1 aliphatic rings. The highest BCUT2D eigenvalue weighted by molar-refractivity contribution is 5.75. The Balaban J connectivity index is -0.0000000589. The lowest BCUT2D eigenvalue weighted by Crippen LogP contribution is -1.95. The lowest BCUT2D eigenvalue weighted by molar-refractivity contribution is 0.128. The Morgan fingerprint density at radius 2 is 0.895 bits per heavy atom. The van der Waals surface area contributed by atoms with Crippen LogP contribution in [0.5, 0.6) is 0 Å². The van der Waals surface area contributed by atoms with E-state index in [1.54, 1.807) is 0 Å². The van der Waals surface area contributed by atoms with E-state index in [1.807, 2.05) is 0 Å². The molecule has 1 rings (SSSR count). The molecule has 0 atom stereocenters. The molecule has 0 bridgehead atoms. The fourth-order valence-electron chi connectivity index (χ4n) is 1.66. The van der Waals surface area contributed by atoms with Crippen molar-refractivity contribution in [3.8, 4) is 0 Å². The standard InChI is InChI=1S/C8H18O.C6H12.B.3FH/c1-3-5-7-9-8-6-4-2;1-2-4-6-5-3-1;;;;/h3-8H2,1-2H3;1-6H2;;3*1H. The third kappa shape index (κ3) is 31.9. The SMILES string of the molecule is C1CCCCC1.CCCCOCCCC.F.F.F.[B]. The predicted molar refractivity (Wildman–Crippen MR) is 81.6 cm³/mol. The van der Waals surface area contributed by atoms with Crippen LogP contribution in [0, 0.1) is 0 Å². The van der Waals surface area contributed by atoms with Crippen LogP contribution >= 0.6 is 0 Å². The number of unbranched alkanes of at least 4 members (excludes halogenated alkanes) is 2. The zero-order valence-electron chi connectivity index (χ0n) is 12.7. The molecular weight excluding hydrogens is 252 g/mol. The molecule has 0 aromatic rings. The van der Waals surface area contributed by atoms with Gasteiger partial charge in [0.05, 0.1) is 0 Å². The Morgan fingerprint density at radius 1 is 0.632 bits per heavy atom. The highest BCUT2D eigenvalue weighted by Gasteiger charge is 1.95. The van der Waals surface area contributed by atoms with E-state index < -0.39 is 0 Å². The third-order valence-electron chi connectivity index (χ3n) is 2.78. The van der Waals surface area contributed by atoms with Crippen LogP contribution in [0.3, 0.4) is 0 Å². The number of hydrogen-bond acceptors (Lipinski definition) is 1. The third-order valence-corrected chi connectivity index (χ3v) is 2.78. The topological polar surface area (TPSA) is 9.23 Å². The summed E-state index contributed by atoms with van der Waals surface area (Å²) in [5.41, 5.74) is 0. The van der Waals surface area contributed by atoms with Gasteiger partial charge in [-0.15, -0.1) is 0 Å². The van der Waals surface area contributed by atoms with Crippen LogP contribution in [-0.2, 0) is 4.74 Å². The molecule has 19 heavy (non-hydrogen) atoms. The zero-order valence-corrected chi connectivity index (χ0v) is 12.7. The van der Waals surface area contributed by atoms with Gasteiger partial charge in [0.1, 0.15) is 0 Å². The molecule has 5 heteroatoms. The van der Waals surface area contributed by atoms with E-state index >= 15 is 0 Å². The Kier molecular flexibility index (Phi) is 50.5. The Bertz CT molecular complexity index is 97.4. The molecule has 1 saturated carbocycles. The van der Waals surface area contributed by atoms with Crippen LogP contribution in [-0.4, -0.2) is 21.6 Å². The molecule has 0 aromatic carbocycles. The van der Waals surface area contributed by atoms with E-state index in [1.165, 1.54) is 64.2 Å². The summed E-state index contributed by atoms with van der Waals surface area (Å²) in [5.74, 6) is 0. The summed E-state index contributed by atoms with van der Waals surface area (Å²) < 4.78 is 5.31. The highest BCUT2D eigenvalue weighted by atomic mass is 19.0. The Morgan fingerprint density at radius 3 is 1.11 bits per heavy atom. The molecule has 3 radical (unpaired) electrons. The first kappa shape index (κ1) is 31.3. The molecular formula is C14H33BF3O. The number of hydrogen-bond donors (Lipinski definition) is 0.